The molecule has 2 aliphatic rings. The number of benzene rings is 2. The van der Waals surface area contributed by atoms with E-state index in [1.165, 1.54) is 73.6 Å². The van der Waals surface area contributed by atoms with Gasteiger partial charge in [-0.1, -0.05) is 154 Å². The Labute approximate surface area is 215 Å². The predicted molar refractivity (Wildman–Crippen MR) is 155 cm³/mol. The van der Waals surface area contributed by atoms with Gasteiger partial charge in [0.05, 0.1) is 0 Å². The van der Waals surface area contributed by atoms with E-state index >= 15 is 0 Å². The first kappa shape index (κ1) is 26.0. The summed E-state index contributed by atoms with van der Waals surface area (Å²) in [6.45, 7) is 17.2. The van der Waals surface area contributed by atoms with Gasteiger partial charge < -0.3 is 0 Å². The number of unbranched alkanes of at least 4 members (excludes halogenated alkanes) is 6. The van der Waals surface area contributed by atoms with Crippen molar-refractivity contribution in [3.05, 3.63) is 81.9 Å². The Kier molecular flexibility index (Phi) is 7.51. The molecule has 0 bridgehead atoms. The fraction of sp³-hybridized carbons (Fsp3) is 0.543. The van der Waals surface area contributed by atoms with Crippen LogP contribution < -0.4 is 0 Å². The molecule has 2 aromatic rings. The minimum Gasteiger partial charge on any atom is -0.0654 e. The average molecular weight is 469 g/mol. The first-order chi connectivity index (χ1) is 16.7. The van der Waals surface area contributed by atoms with E-state index in [4.69, 9.17) is 0 Å². The molecule has 0 aromatic heterocycles. The van der Waals surface area contributed by atoms with Gasteiger partial charge >= 0.3 is 0 Å². The molecule has 0 unspecified atom stereocenters. The lowest BCUT2D eigenvalue weighted by Gasteiger charge is -2.50. The smallest absolute Gasteiger partial charge is 0.0167 e. The molecule has 0 nitrogen and oxygen atoms in total. The van der Waals surface area contributed by atoms with Crippen molar-refractivity contribution in [3.8, 4) is 0 Å². The molecule has 0 atom stereocenters. The highest BCUT2D eigenvalue weighted by Crippen LogP contribution is 2.63. The minimum absolute atomic E-state index is 0.0354. The quantitative estimate of drug-likeness (QED) is 0.288. The molecule has 188 valence electrons. The van der Waals surface area contributed by atoms with E-state index in [0.717, 1.165) is 0 Å². The predicted octanol–water partition coefficient (Wildman–Crippen LogP) is 10.5. The summed E-state index contributed by atoms with van der Waals surface area (Å²) < 4.78 is 0. The van der Waals surface area contributed by atoms with E-state index in [9.17, 15) is 0 Å². The number of hydrogen-bond acceptors (Lipinski definition) is 0. The maximum atomic E-state index is 2.58. The summed E-state index contributed by atoms with van der Waals surface area (Å²) in [4.78, 5) is 0. The summed E-state index contributed by atoms with van der Waals surface area (Å²) in [6, 6.07) is 18.2. The molecule has 0 saturated heterocycles. The van der Waals surface area contributed by atoms with Gasteiger partial charge in [-0.05, 0) is 45.7 Å². The third kappa shape index (κ3) is 4.47. The molecular formula is C35H48. The number of fused-ring (bicyclic) bond motifs is 2. The van der Waals surface area contributed by atoms with Crippen LogP contribution in [0.25, 0.3) is 12.2 Å². The molecule has 0 amide bonds. The first-order valence-electron chi connectivity index (χ1n) is 14.3. The summed E-state index contributed by atoms with van der Waals surface area (Å²) in [5.74, 6) is 0.530. The molecule has 0 saturated carbocycles. The maximum absolute atomic E-state index is 2.58. The third-order valence-corrected chi connectivity index (χ3v) is 9.34. The lowest BCUT2D eigenvalue weighted by molar-refractivity contribution is 0.223. The van der Waals surface area contributed by atoms with Crippen LogP contribution in [0, 0.1) is 11.3 Å². The van der Waals surface area contributed by atoms with E-state index in [2.05, 4.69) is 109 Å². The Morgan fingerprint density at radius 3 is 1.49 bits per heavy atom. The molecule has 0 heterocycles. The second-order valence-corrected chi connectivity index (χ2v) is 12.5. The molecule has 0 aliphatic heterocycles. The van der Waals surface area contributed by atoms with Gasteiger partial charge in [-0.2, -0.15) is 0 Å². The van der Waals surface area contributed by atoms with Crippen LogP contribution in [0.3, 0.4) is 0 Å². The van der Waals surface area contributed by atoms with Gasteiger partial charge in [-0.25, -0.2) is 0 Å². The van der Waals surface area contributed by atoms with Gasteiger partial charge in [0, 0.05) is 16.2 Å². The van der Waals surface area contributed by atoms with Gasteiger partial charge in [0.1, 0.15) is 0 Å². The number of hydrogen-bond donors (Lipinski definition) is 0. The zero-order valence-electron chi connectivity index (χ0n) is 23.5. The Morgan fingerprint density at radius 2 is 1.06 bits per heavy atom. The Balaban J connectivity index is 1.77. The molecular weight excluding hydrogens is 420 g/mol. The fourth-order valence-corrected chi connectivity index (χ4v) is 7.41. The zero-order valence-corrected chi connectivity index (χ0v) is 23.5. The minimum atomic E-state index is 0.0354. The largest absolute Gasteiger partial charge is 0.0654 e. The zero-order chi connectivity index (χ0) is 25.3. The molecule has 0 N–H and O–H groups in total. The monoisotopic (exact) mass is 468 g/mol. The SMILES string of the molecule is CCCCCCCCCC(C1=Cc2ccccc2C1(C)C)(C1=Cc2ccccc2C1(C)C)C(C)C. The molecule has 2 aliphatic carbocycles. The van der Waals surface area contributed by atoms with Crippen molar-refractivity contribution < 1.29 is 0 Å². The molecule has 0 radical (unpaired) electrons. The lowest BCUT2D eigenvalue weighted by Crippen LogP contribution is -2.42. The van der Waals surface area contributed by atoms with Crippen LogP contribution in [0.4, 0.5) is 0 Å². The third-order valence-electron chi connectivity index (χ3n) is 9.34. The van der Waals surface area contributed by atoms with Gasteiger partial charge in [-0.3, -0.25) is 0 Å². The van der Waals surface area contributed by atoms with Crippen molar-refractivity contribution in [2.75, 3.05) is 0 Å². The summed E-state index contributed by atoms with van der Waals surface area (Å²) in [5, 5.41) is 0. The summed E-state index contributed by atoms with van der Waals surface area (Å²) >= 11 is 0. The van der Waals surface area contributed by atoms with Crippen molar-refractivity contribution in [1.29, 1.82) is 0 Å². The van der Waals surface area contributed by atoms with E-state index in [-0.39, 0.29) is 16.2 Å². The standard InChI is InChI=1S/C35H48/c1-8-9-10-11-12-13-18-23-35(26(2)3,31-24-27-19-14-16-21-29(27)33(31,4)5)32-25-28-20-15-17-22-30(28)34(32,6)7/h14-17,19-22,24-26H,8-13,18,23H2,1-7H3. The fourth-order valence-electron chi connectivity index (χ4n) is 7.41. The summed E-state index contributed by atoms with van der Waals surface area (Å²) in [6.07, 6.45) is 15.9. The summed E-state index contributed by atoms with van der Waals surface area (Å²) in [5.41, 5.74) is 9.23. The van der Waals surface area contributed by atoms with Gasteiger partial charge in [-0.15, -0.1) is 0 Å². The maximum Gasteiger partial charge on any atom is 0.0167 e. The lowest BCUT2D eigenvalue weighted by atomic mass is 9.53. The molecule has 2 aromatic carbocycles. The Morgan fingerprint density at radius 1 is 0.629 bits per heavy atom. The Hall–Kier alpha value is -2.08. The highest BCUT2D eigenvalue weighted by atomic mass is 14.6. The van der Waals surface area contributed by atoms with Crippen LogP contribution in [0.15, 0.2) is 59.7 Å². The summed E-state index contributed by atoms with van der Waals surface area (Å²) in [7, 11) is 0. The average Bonchev–Trinajstić information content (AvgIpc) is 3.26. The van der Waals surface area contributed by atoms with Crippen molar-refractivity contribution >= 4 is 12.2 Å². The van der Waals surface area contributed by atoms with Crippen molar-refractivity contribution in [3.63, 3.8) is 0 Å². The molecule has 0 heteroatoms. The molecule has 0 fully saturated rings. The first-order valence-corrected chi connectivity index (χ1v) is 14.3. The Bertz CT molecular complexity index is 1020. The van der Waals surface area contributed by atoms with Crippen LogP contribution in [-0.2, 0) is 10.8 Å². The highest BCUT2D eigenvalue weighted by molar-refractivity contribution is 5.77. The van der Waals surface area contributed by atoms with Crippen molar-refractivity contribution in [1.82, 2.24) is 0 Å². The van der Waals surface area contributed by atoms with E-state index in [1.54, 1.807) is 11.1 Å². The van der Waals surface area contributed by atoms with Crippen LogP contribution in [0.2, 0.25) is 0 Å². The molecule has 4 rings (SSSR count). The van der Waals surface area contributed by atoms with Crippen LogP contribution >= 0.6 is 0 Å². The normalized spacial score (nSPS) is 17.8. The van der Waals surface area contributed by atoms with Crippen LogP contribution in [-0.4, -0.2) is 0 Å². The van der Waals surface area contributed by atoms with Crippen molar-refractivity contribution in [2.24, 2.45) is 11.3 Å². The number of allylic oxidation sites excluding steroid dienone is 2. The topological polar surface area (TPSA) is 0 Å². The van der Waals surface area contributed by atoms with E-state index in [0.29, 0.717) is 5.92 Å². The van der Waals surface area contributed by atoms with E-state index < -0.39 is 0 Å². The van der Waals surface area contributed by atoms with Crippen LogP contribution in [0.5, 0.6) is 0 Å². The van der Waals surface area contributed by atoms with E-state index in [1.807, 2.05) is 0 Å². The second-order valence-electron chi connectivity index (χ2n) is 12.5. The van der Waals surface area contributed by atoms with Gasteiger partial charge in [0.15, 0.2) is 0 Å². The molecule has 35 heavy (non-hydrogen) atoms. The highest BCUT2D eigenvalue weighted by Gasteiger charge is 2.53. The molecule has 0 spiro atoms. The van der Waals surface area contributed by atoms with Crippen LogP contribution in [0.1, 0.15) is 122 Å². The second kappa shape index (κ2) is 10.1. The number of rotatable bonds is 11. The van der Waals surface area contributed by atoms with Crippen molar-refractivity contribution in [2.45, 2.75) is 111 Å². The van der Waals surface area contributed by atoms with Gasteiger partial charge in [0.2, 0.25) is 0 Å². The van der Waals surface area contributed by atoms with Gasteiger partial charge in [0.25, 0.3) is 0 Å².